The van der Waals surface area contributed by atoms with Crippen LogP contribution < -0.4 is 9.64 Å². The first-order valence-corrected chi connectivity index (χ1v) is 18.6. The number of hydrogen-bond donors (Lipinski definition) is 0. The van der Waals surface area contributed by atoms with Crippen molar-refractivity contribution in [2.24, 2.45) is 0 Å². The van der Waals surface area contributed by atoms with Gasteiger partial charge in [0.05, 0.1) is 5.56 Å². The molecule has 1 aliphatic carbocycles. The second-order valence-electron chi connectivity index (χ2n) is 15.4. The van der Waals surface area contributed by atoms with Gasteiger partial charge in [-0.3, -0.25) is 0 Å². The molecule has 7 aromatic carbocycles. The van der Waals surface area contributed by atoms with Crippen molar-refractivity contribution < 1.29 is 17.9 Å². The van der Waals surface area contributed by atoms with Gasteiger partial charge in [-0.25, -0.2) is 0 Å². The zero-order valence-corrected chi connectivity index (χ0v) is 29.7. The maximum atomic E-state index is 14.1. The van der Waals surface area contributed by atoms with Gasteiger partial charge in [-0.05, 0) is 105 Å². The quantitative estimate of drug-likeness (QED) is 0.170. The Hall–Kier alpha value is -5.55. The number of hydrogen-bond acceptors (Lipinski definition) is 2. The first kappa shape index (κ1) is 32.1. The van der Waals surface area contributed by atoms with Gasteiger partial charge < -0.3 is 9.64 Å². The Morgan fingerprint density at radius 2 is 1.30 bits per heavy atom. The van der Waals surface area contributed by atoms with Gasteiger partial charge in [0, 0.05) is 46.3 Å². The predicted molar refractivity (Wildman–Crippen MR) is 211 cm³/mol. The van der Waals surface area contributed by atoms with E-state index in [1.54, 1.807) is 6.07 Å². The minimum atomic E-state index is -4.43. The van der Waals surface area contributed by atoms with Crippen molar-refractivity contribution in [3.05, 3.63) is 161 Å². The number of anilines is 1. The van der Waals surface area contributed by atoms with E-state index in [9.17, 15) is 13.2 Å². The van der Waals surface area contributed by atoms with Crippen LogP contribution in [0.25, 0.3) is 49.5 Å². The minimum absolute atomic E-state index is 0.628. The Balaban J connectivity index is 1.25. The molecule has 2 nitrogen and oxygen atoms in total. The largest absolute Gasteiger partial charge is 0.472 e. The van der Waals surface area contributed by atoms with E-state index in [0.29, 0.717) is 5.56 Å². The molecule has 10 rings (SSSR count). The Morgan fingerprint density at radius 3 is 2.04 bits per heavy atom. The molecule has 7 aromatic rings. The molecule has 262 valence electrons. The molecule has 0 N–H and O–H groups in total. The van der Waals surface area contributed by atoms with Gasteiger partial charge in [0.15, 0.2) is 5.60 Å². The summed E-state index contributed by atoms with van der Waals surface area (Å²) < 4.78 is 49.9. The molecule has 2 heterocycles. The maximum Gasteiger partial charge on any atom is 0.416 e. The number of rotatable bonds is 3. The molecule has 0 bridgehead atoms. The van der Waals surface area contributed by atoms with Gasteiger partial charge >= 0.3 is 6.18 Å². The molecular formula is C48H38F3NO. The zero-order valence-electron chi connectivity index (χ0n) is 29.7. The Bertz CT molecular complexity index is 2650. The van der Waals surface area contributed by atoms with Gasteiger partial charge in [0.25, 0.3) is 0 Å². The standard InChI is InChI=1S/C48H38F3NO/c1-46(2)41-29-32(48(49,50)51)20-23-39(41)43-37-16-8-9-17-38(37)45-40(44(43)46)24-25-47(53-45,31-18-21-33(22-19-31)52-26-10-3-11-27-52)42-28-30-12-4-5-13-34(30)35-14-6-7-15-36(35)42/h4-9,12-25,28-29H,3,10-11,26-27H2,1-2H3. The fourth-order valence-corrected chi connectivity index (χ4v) is 9.50. The molecule has 0 radical (unpaired) electrons. The summed E-state index contributed by atoms with van der Waals surface area (Å²) in [4.78, 5) is 2.47. The van der Waals surface area contributed by atoms with Crippen molar-refractivity contribution in [2.45, 2.75) is 50.3 Å². The molecular weight excluding hydrogens is 664 g/mol. The SMILES string of the molecule is CC1(C)c2cc(C(F)(F)F)ccc2-c2c1c1c(c3ccccc23)OC(c2ccc(N3CCCCC3)cc2)(c2cc3ccccc3c3ccccc23)C=C1. The first-order chi connectivity index (χ1) is 25.6. The molecule has 5 heteroatoms. The fraction of sp³-hybridized carbons (Fsp3) is 0.208. The number of fused-ring (bicyclic) bond motifs is 11. The number of halogens is 3. The lowest BCUT2D eigenvalue weighted by Crippen LogP contribution is -2.35. The number of piperidine rings is 1. The average molecular weight is 702 g/mol. The third-order valence-corrected chi connectivity index (χ3v) is 12.1. The summed E-state index contributed by atoms with van der Waals surface area (Å²) in [6, 6.07) is 40.7. The van der Waals surface area contributed by atoms with Gasteiger partial charge in [0.2, 0.25) is 0 Å². The number of alkyl halides is 3. The lowest BCUT2D eigenvalue weighted by atomic mass is 9.76. The van der Waals surface area contributed by atoms with E-state index < -0.39 is 22.8 Å². The number of nitrogens with zero attached hydrogens (tertiary/aromatic N) is 1. The van der Waals surface area contributed by atoms with Crippen molar-refractivity contribution in [2.75, 3.05) is 18.0 Å². The smallest absolute Gasteiger partial charge is 0.416 e. The van der Waals surface area contributed by atoms with Gasteiger partial charge in [0.1, 0.15) is 5.75 Å². The Kier molecular flexibility index (Phi) is 6.95. The summed E-state index contributed by atoms with van der Waals surface area (Å²) in [5, 5.41) is 6.49. The van der Waals surface area contributed by atoms with Crippen LogP contribution in [0.5, 0.6) is 5.75 Å². The summed E-state index contributed by atoms with van der Waals surface area (Å²) in [5.74, 6) is 0.746. The van der Waals surface area contributed by atoms with Gasteiger partial charge in [-0.2, -0.15) is 13.2 Å². The number of benzene rings is 7. The van der Waals surface area contributed by atoms with Gasteiger partial charge in [-0.15, -0.1) is 0 Å². The van der Waals surface area contributed by atoms with Crippen LogP contribution >= 0.6 is 0 Å². The molecule has 0 amide bonds. The van der Waals surface area contributed by atoms with Gasteiger partial charge in [-0.1, -0.05) is 111 Å². The molecule has 0 aromatic heterocycles. The summed E-state index contributed by atoms with van der Waals surface area (Å²) in [7, 11) is 0. The maximum absolute atomic E-state index is 14.1. The van der Waals surface area contributed by atoms with Crippen molar-refractivity contribution in [3.63, 3.8) is 0 Å². The molecule has 1 saturated heterocycles. The lowest BCUT2D eigenvalue weighted by molar-refractivity contribution is -0.137. The second kappa shape index (κ2) is 11.5. The molecule has 0 saturated carbocycles. The van der Waals surface area contributed by atoms with E-state index in [0.717, 1.165) is 79.2 Å². The molecule has 3 aliphatic rings. The van der Waals surface area contributed by atoms with Crippen LogP contribution in [0.2, 0.25) is 0 Å². The highest BCUT2D eigenvalue weighted by atomic mass is 19.4. The van der Waals surface area contributed by atoms with Crippen molar-refractivity contribution >= 4 is 44.1 Å². The highest BCUT2D eigenvalue weighted by Gasteiger charge is 2.46. The normalized spacial score (nSPS) is 18.9. The lowest BCUT2D eigenvalue weighted by Gasteiger charge is -2.39. The monoisotopic (exact) mass is 701 g/mol. The van der Waals surface area contributed by atoms with Crippen LogP contribution in [0, 0.1) is 0 Å². The van der Waals surface area contributed by atoms with E-state index in [-0.39, 0.29) is 0 Å². The van der Waals surface area contributed by atoms with Crippen molar-refractivity contribution in [1.82, 2.24) is 0 Å². The van der Waals surface area contributed by atoms with Crippen LogP contribution in [0.3, 0.4) is 0 Å². The van der Waals surface area contributed by atoms with Crippen LogP contribution in [-0.4, -0.2) is 13.1 Å². The van der Waals surface area contributed by atoms with Crippen LogP contribution in [0.15, 0.2) is 127 Å². The summed E-state index contributed by atoms with van der Waals surface area (Å²) >= 11 is 0. The predicted octanol–water partition coefficient (Wildman–Crippen LogP) is 12.8. The number of ether oxygens (including phenoxy) is 1. The Morgan fingerprint density at radius 1 is 0.642 bits per heavy atom. The van der Waals surface area contributed by atoms with E-state index >= 15 is 0 Å². The second-order valence-corrected chi connectivity index (χ2v) is 15.4. The third-order valence-electron chi connectivity index (χ3n) is 12.1. The van der Waals surface area contributed by atoms with Crippen LogP contribution in [0.4, 0.5) is 18.9 Å². The average Bonchev–Trinajstić information content (AvgIpc) is 3.43. The zero-order chi connectivity index (χ0) is 36.1. The summed E-state index contributed by atoms with van der Waals surface area (Å²) in [6.45, 7) is 6.20. The minimum Gasteiger partial charge on any atom is -0.472 e. The topological polar surface area (TPSA) is 12.5 Å². The molecule has 53 heavy (non-hydrogen) atoms. The highest BCUT2D eigenvalue weighted by molar-refractivity contribution is 6.11. The summed E-state index contributed by atoms with van der Waals surface area (Å²) in [5.41, 5.74) is 5.35. The van der Waals surface area contributed by atoms with Crippen LogP contribution in [0.1, 0.15) is 66.5 Å². The molecule has 1 atom stereocenters. The molecule has 0 spiro atoms. The van der Waals surface area contributed by atoms with Crippen LogP contribution in [-0.2, 0) is 17.2 Å². The van der Waals surface area contributed by atoms with E-state index in [1.807, 2.05) is 26.0 Å². The van der Waals surface area contributed by atoms with E-state index in [4.69, 9.17) is 4.74 Å². The van der Waals surface area contributed by atoms with Crippen molar-refractivity contribution in [3.8, 4) is 16.9 Å². The highest BCUT2D eigenvalue weighted by Crippen LogP contribution is 2.59. The first-order valence-electron chi connectivity index (χ1n) is 18.6. The third kappa shape index (κ3) is 4.72. The molecule has 1 unspecified atom stereocenters. The fourth-order valence-electron chi connectivity index (χ4n) is 9.50. The van der Waals surface area contributed by atoms with Crippen molar-refractivity contribution in [1.29, 1.82) is 0 Å². The van der Waals surface area contributed by atoms with E-state index in [1.165, 1.54) is 42.5 Å². The summed E-state index contributed by atoms with van der Waals surface area (Å²) in [6.07, 6.45) is 3.62. The molecule has 2 aliphatic heterocycles. The Labute approximate surface area is 307 Å². The van der Waals surface area contributed by atoms with E-state index in [2.05, 4.69) is 108 Å². The molecule has 1 fully saturated rings.